The van der Waals surface area contributed by atoms with Crippen molar-refractivity contribution in [3.05, 3.63) is 65.5 Å². The van der Waals surface area contributed by atoms with E-state index in [-0.39, 0.29) is 5.78 Å². The van der Waals surface area contributed by atoms with Gasteiger partial charge in [-0.3, -0.25) is 9.78 Å². The summed E-state index contributed by atoms with van der Waals surface area (Å²) in [7, 11) is 0. The number of carbonyl (C=O) groups excluding carboxylic acids is 1. The first-order chi connectivity index (χ1) is 8.66. The third kappa shape index (κ3) is 3.04. The number of hydrogen-bond acceptors (Lipinski definition) is 2. The number of rotatable bonds is 4. The molecule has 0 bridgehead atoms. The summed E-state index contributed by atoms with van der Waals surface area (Å²) in [5.41, 5.74) is 2.65. The Morgan fingerprint density at radius 1 is 1.11 bits per heavy atom. The van der Waals surface area contributed by atoms with Crippen LogP contribution in [0, 0.1) is 5.92 Å². The molecule has 0 amide bonds. The number of hydrogen-bond donors (Lipinski definition) is 0. The molecule has 2 nitrogen and oxygen atoms in total. The molecule has 0 aliphatic carbocycles. The van der Waals surface area contributed by atoms with Crippen LogP contribution < -0.4 is 0 Å². The van der Waals surface area contributed by atoms with Gasteiger partial charge in [0.05, 0.1) is 0 Å². The maximum absolute atomic E-state index is 12.3. The van der Waals surface area contributed by atoms with Crippen LogP contribution in [0.4, 0.5) is 0 Å². The molecule has 1 aromatic heterocycles. The summed E-state index contributed by atoms with van der Waals surface area (Å²) in [6.07, 6.45) is 4.29. The molecule has 0 aliphatic rings. The highest BCUT2D eigenvalue weighted by atomic mass is 16.1. The second kappa shape index (κ2) is 5.58. The van der Waals surface area contributed by atoms with Gasteiger partial charge in [-0.05, 0) is 36.1 Å². The zero-order valence-corrected chi connectivity index (χ0v) is 10.8. The lowest BCUT2D eigenvalue weighted by Crippen LogP contribution is -2.03. The smallest absolute Gasteiger partial charge is 0.193 e. The van der Waals surface area contributed by atoms with Gasteiger partial charge in [-0.1, -0.05) is 32.0 Å². The molecule has 0 saturated heterocycles. The molecule has 1 aromatic carbocycles. The predicted octanol–water partition coefficient (Wildman–Crippen LogP) is 3.51. The van der Waals surface area contributed by atoms with Crippen molar-refractivity contribution < 1.29 is 4.79 Å². The number of aromatic nitrogens is 1. The van der Waals surface area contributed by atoms with E-state index in [0.717, 1.165) is 12.0 Å². The third-order valence-corrected chi connectivity index (χ3v) is 2.78. The highest BCUT2D eigenvalue weighted by Gasteiger charge is 2.09. The van der Waals surface area contributed by atoms with Crippen molar-refractivity contribution in [2.45, 2.75) is 20.3 Å². The van der Waals surface area contributed by atoms with Gasteiger partial charge >= 0.3 is 0 Å². The molecule has 0 aliphatic heterocycles. The Balaban J connectivity index is 2.26. The molecule has 0 atom stereocenters. The highest BCUT2D eigenvalue weighted by molar-refractivity contribution is 6.08. The predicted molar refractivity (Wildman–Crippen MR) is 72.7 cm³/mol. The van der Waals surface area contributed by atoms with Gasteiger partial charge in [0.15, 0.2) is 5.78 Å². The van der Waals surface area contributed by atoms with Crippen molar-refractivity contribution in [3.8, 4) is 0 Å². The average molecular weight is 239 g/mol. The highest BCUT2D eigenvalue weighted by Crippen LogP contribution is 2.14. The number of benzene rings is 1. The minimum absolute atomic E-state index is 0.0583. The van der Waals surface area contributed by atoms with Gasteiger partial charge in [0.1, 0.15) is 0 Å². The number of pyridine rings is 1. The summed E-state index contributed by atoms with van der Waals surface area (Å²) in [5, 5.41) is 0. The van der Waals surface area contributed by atoms with E-state index in [9.17, 15) is 4.79 Å². The lowest BCUT2D eigenvalue weighted by Gasteiger charge is -2.07. The van der Waals surface area contributed by atoms with Crippen LogP contribution in [0.25, 0.3) is 0 Å². The Kier molecular flexibility index (Phi) is 3.88. The van der Waals surface area contributed by atoms with E-state index in [4.69, 9.17) is 0 Å². The molecule has 0 radical (unpaired) electrons. The topological polar surface area (TPSA) is 30.0 Å². The Labute approximate surface area is 108 Å². The molecular weight excluding hydrogens is 222 g/mol. The van der Waals surface area contributed by atoms with Crippen molar-refractivity contribution in [3.63, 3.8) is 0 Å². The first-order valence-corrected chi connectivity index (χ1v) is 6.20. The first-order valence-electron chi connectivity index (χ1n) is 6.20. The van der Waals surface area contributed by atoms with E-state index >= 15 is 0 Å². The van der Waals surface area contributed by atoms with Crippen LogP contribution in [0.5, 0.6) is 0 Å². The van der Waals surface area contributed by atoms with Crippen molar-refractivity contribution >= 4 is 5.78 Å². The first kappa shape index (κ1) is 12.5. The van der Waals surface area contributed by atoms with Crippen molar-refractivity contribution in [1.82, 2.24) is 4.98 Å². The van der Waals surface area contributed by atoms with Gasteiger partial charge in [-0.2, -0.15) is 0 Å². The van der Waals surface area contributed by atoms with Crippen LogP contribution in [-0.4, -0.2) is 10.8 Å². The minimum Gasteiger partial charge on any atom is -0.289 e. The standard InChI is InChI=1S/C16H17NO/c1-12(2)10-13-4-3-5-15(11-13)16(18)14-6-8-17-9-7-14/h3-9,11-12H,10H2,1-2H3. The van der Waals surface area contributed by atoms with E-state index < -0.39 is 0 Å². The van der Waals surface area contributed by atoms with Crippen LogP contribution in [0.1, 0.15) is 35.3 Å². The van der Waals surface area contributed by atoms with E-state index in [1.807, 2.05) is 18.2 Å². The van der Waals surface area contributed by atoms with Crippen molar-refractivity contribution in [1.29, 1.82) is 0 Å². The fraction of sp³-hybridized carbons (Fsp3) is 0.250. The summed E-state index contributed by atoms with van der Waals surface area (Å²) in [6, 6.07) is 11.4. The molecule has 0 fully saturated rings. The molecule has 18 heavy (non-hydrogen) atoms. The quantitative estimate of drug-likeness (QED) is 0.764. The van der Waals surface area contributed by atoms with Gasteiger partial charge in [-0.25, -0.2) is 0 Å². The van der Waals surface area contributed by atoms with Crippen LogP contribution >= 0.6 is 0 Å². The molecule has 1 heterocycles. The normalized spacial score (nSPS) is 10.6. The van der Waals surface area contributed by atoms with Gasteiger partial charge in [0.25, 0.3) is 0 Å². The molecule has 0 N–H and O–H groups in total. The summed E-state index contributed by atoms with van der Waals surface area (Å²) in [6.45, 7) is 4.36. The lowest BCUT2D eigenvalue weighted by atomic mass is 9.98. The van der Waals surface area contributed by atoms with Crippen molar-refractivity contribution in [2.24, 2.45) is 5.92 Å². The fourth-order valence-electron chi connectivity index (χ4n) is 1.98. The van der Waals surface area contributed by atoms with E-state index in [2.05, 4.69) is 24.9 Å². The summed E-state index contributed by atoms with van der Waals surface area (Å²) < 4.78 is 0. The summed E-state index contributed by atoms with van der Waals surface area (Å²) >= 11 is 0. The van der Waals surface area contributed by atoms with E-state index in [0.29, 0.717) is 11.5 Å². The fourth-order valence-corrected chi connectivity index (χ4v) is 1.98. The zero-order valence-electron chi connectivity index (χ0n) is 10.8. The monoisotopic (exact) mass is 239 g/mol. The van der Waals surface area contributed by atoms with Gasteiger partial charge in [0, 0.05) is 23.5 Å². The van der Waals surface area contributed by atoms with E-state index in [1.165, 1.54) is 5.56 Å². The molecule has 0 spiro atoms. The van der Waals surface area contributed by atoms with Crippen molar-refractivity contribution in [2.75, 3.05) is 0 Å². The molecule has 2 heteroatoms. The summed E-state index contributed by atoms with van der Waals surface area (Å²) in [5.74, 6) is 0.652. The molecule has 0 unspecified atom stereocenters. The maximum atomic E-state index is 12.3. The Morgan fingerprint density at radius 2 is 1.83 bits per heavy atom. The SMILES string of the molecule is CC(C)Cc1cccc(C(=O)c2ccncc2)c1. The second-order valence-corrected chi connectivity index (χ2v) is 4.86. The van der Waals surface area contributed by atoms with E-state index in [1.54, 1.807) is 24.5 Å². The molecular formula is C16H17NO. The van der Waals surface area contributed by atoms with Gasteiger partial charge in [0.2, 0.25) is 0 Å². The Bertz CT molecular complexity index is 532. The van der Waals surface area contributed by atoms with Crippen LogP contribution in [0.3, 0.4) is 0 Å². The Morgan fingerprint density at radius 3 is 2.50 bits per heavy atom. The number of ketones is 1. The lowest BCUT2D eigenvalue weighted by molar-refractivity contribution is 0.103. The molecule has 2 rings (SSSR count). The van der Waals surface area contributed by atoms with Crippen LogP contribution in [-0.2, 0) is 6.42 Å². The summed E-state index contributed by atoms with van der Waals surface area (Å²) in [4.78, 5) is 16.2. The Hall–Kier alpha value is -1.96. The van der Waals surface area contributed by atoms with Crippen LogP contribution in [0.15, 0.2) is 48.8 Å². The van der Waals surface area contributed by atoms with Gasteiger partial charge in [-0.15, -0.1) is 0 Å². The largest absolute Gasteiger partial charge is 0.289 e. The molecule has 92 valence electrons. The minimum atomic E-state index is 0.0583. The average Bonchev–Trinajstić information content (AvgIpc) is 2.38. The number of nitrogens with zero attached hydrogens (tertiary/aromatic N) is 1. The number of carbonyl (C=O) groups is 1. The molecule has 2 aromatic rings. The van der Waals surface area contributed by atoms with Gasteiger partial charge < -0.3 is 0 Å². The van der Waals surface area contributed by atoms with Crippen LogP contribution in [0.2, 0.25) is 0 Å². The third-order valence-electron chi connectivity index (χ3n) is 2.78. The molecule has 0 saturated carbocycles. The second-order valence-electron chi connectivity index (χ2n) is 4.86. The maximum Gasteiger partial charge on any atom is 0.193 e. The zero-order chi connectivity index (χ0) is 13.0.